The van der Waals surface area contributed by atoms with E-state index in [2.05, 4.69) is 39.8 Å². The van der Waals surface area contributed by atoms with Crippen LogP contribution in [0.15, 0.2) is 30.3 Å². The van der Waals surface area contributed by atoms with Gasteiger partial charge in [0.1, 0.15) is 0 Å². The Hall–Kier alpha value is 0.0187. The molecular formula is C13H23Sn. The molecule has 0 aliphatic carbocycles. The summed E-state index contributed by atoms with van der Waals surface area (Å²) >= 11 is -0.653. The molecule has 0 nitrogen and oxygen atoms in total. The average Bonchev–Trinajstić information content (AvgIpc) is 2.22. The molecular weight excluding hydrogens is 275 g/mol. The van der Waals surface area contributed by atoms with Gasteiger partial charge in [-0.1, -0.05) is 35.9 Å². The number of hydrogen-bond donors (Lipinski definition) is 0. The van der Waals surface area contributed by atoms with Crippen LogP contribution in [0.25, 0.3) is 0 Å². The molecule has 0 aliphatic rings. The fraction of sp³-hybridized carbons (Fsp3) is 0.538. The third kappa shape index (κ3) is 7.43. The Morgan fingerprint density at radius 3 is 1.43 bits per heavy atom. The van der Waals surface area contributed by atoms with E-state index in [-0.39, 0.29) is 0 Å². The van der Waals surface area contributed by atoms with E-state index in [0.717, 1.165) is 0 Å². The van der Waals surface area contributed by atoms with Crippen molar-refractivity contribution in [3.63, 3.8) is 0 Å². The van der Waals surface area contributed by atoms with Gasteiger partial charge in [0, 0.05) is 0 Å². The van der Waals surface area contributed by atoms with Crippen molar-refractivity contribution in [2.24, 2.45) is 0 Å². The normalized spacial score (nSPS) is 9.50. The Balaban J connectivity index is 0.000000241. The Kier molecular flexibility index (Phi) is 9.58. The molecule has 0 N–H and O–H groups in total. The molecule has 1 radical (unpaired) electrons. The molecule has 0 fully saturated rings. The third-order valence-electron chi connectivity index (χ3n) is 2.44. The smallest absolute Gasteiger partial charge is 0.0398 e. The van der Waals surface area contributed by atoms with Gasteiger partial charge >= 0.3 is 53.8 Å². The zero-order chi connectivity index (χ0) is 10.8. The predicted molar refractivity (Wildman–Crippen MR) is 68.4 cm³/mol. The van der Waals surface area contributed by atoms with Crippen molar-refractivity contribution in [3.05, 3.63) is 35.9 Å². The first-order valence-corrected chi connectivity index (χ1v) is 11.6. The maximum Gasteiger partial charge on any atom is -0.0398 e. The Morgan fingerprint density at radius 2 is 1.29 bits per heavy atom. The van der Waals surface area contributed by atoms with Gasteiger partial charge < -0.3 is 0 Å². The molecule has 0 saturated heterocycles. The Bertz CT molecular complexity index is 196. The quantitative estimate of drug-likeness (QED) is 0.719. The Morgan fingerprint density at radius 1 is 0.857 bits per heavy atom. The second-order valence-corrected chi connectivity index (χ2v) is 13.8. The van der Waals surface area contributed by atoms with Gasteiger partial charge in [-0.25, -0.2) is 0 Å². The molecule has 0 aliphatic heterocycles. The van der Waals surface area contributed by atoms with Gasteiger partial charge in [-0.05, 0) is 6.92 Å². The molecule has 0 heterocycles. The van der Waals surface area contributed by atoms with E-state index in [1.54, 1.807) is 13.3 Å². The van der Waals surface area contributed by atoms with Crippen LogP contribution in [0.4, 0.5) is 0 Å². The molecule has 0 spiro atoms. The van der Waals surface area contributed by atoms with Gasteiger partial charge in [-0.3, -0.25) is 0 Å². The predicted octanol–water partition coefficient (Wildman–Crippen LogP) is 4.54. The van der Waals surface area contributed by atoms with Crippen molar-refractivity contribution in [3.8, 4) is 0 Å². The van der Waals surface area contributed by atoms with E-state index in [1.165, 1.54) is 5.56 Å². The minimum atomic E-state index is -0.653. The van der Waals surface area contributed by atoms with E-state index in [4.69, 9.17) is 0 Å². The number of benzene rings is 1. The molecule has 1 aromatic carbocycles. The largest absolute Gasteiger partial charge is 0.0622 e. The van der Waals surface area contributed by atoms with Crippen LogP contribution in [-0.2, 0) is 0 Å². The fourth-order valence-electron chi connectivity index (χ4n) is 1.28. The van der Waals surface area contributed by atoms with Crippen LogP contribution < -0.4 is 0 Å². The van der Waals surface area contributed by atoms with E-state index < -0.39 is 19.8 Å². The van der Waals surface area contributed by atoms with Gasteiger partial charge in [0.2, 0.25) is 0 Å². The second-order valence-electron chi connectivity index (χ2n) is 3.47. The summed E-state index contributed by atoms with van der Waals surface area (Å²) in [5, 5.41) is 0. The summed E-state index contributed by atoms with van der Waals surface area (Å²) in [5.74, 6) is 0. The molecule has 1 rings (SSSR count). The van der Waals surface area contributed by atoms with Crippen molar-refractivity contribution >= 4 is 19.8 Å². The summed E-state index contributed by atoms with van der Waals surface area (Å²) < 4.78 is 4.65. The summed E-state index contributed by atoms with van der Waals surface area (Å²) in [5.41, 5.74) is 1.32. The summed E-state index contributed by atoms with van der Waals surface area (Å²) in [7, 11) is 0. The van der Waals surface area contributed by atoms with Crippen molar-refractivity contribution in [1.82, 2.24) is 0 Å². The van der Waals surface area contributed by atoms with Crippen LogP contribution in [0.1, 0.15) is 26.3 Å². The summed E-state index contributed by atoms with van der Waals surface area (Å²) in [4.78, 5) is 0. The molecule has 0 atom stereocenters. The van der Waals surface area contributed by atoms with E-state index >= 15 is 0 Å². The van der Waals surface area contributed by atoms with Crippen molar-refractivity contribution in [1.29, 1.82) is 0 Å². The zero-order valence-corrected chi connectivity index (χ0v) is 12.9. The summed E-state index contributed by atoms with van der Waals surface area (Å²) in [6, 6.07) is 10.3. The van der Waals surface area contributed by atoms with Crippen LogP contribution in [0, 0.1) is 6.92 Å². The Labute approximate surface area is 96.5 Å². The van der Waals surface area contributed by atoms with Gasteiger partial charge in [0.15, 0.2) is 0 Å². The molecule has 79 valence electrons. The molecule has 0 aromatic heterocycles. The van der Waals surface area contributed by atoms with E-state index in [9.17, 15) is 0 Å². The van der Waals surface area contributed by atoms with Crippen LogP contribution in [0.5, 0.6) is 0 Å². The summed E-state index contributed by atoms with van der Waals surface area (Å²) in [6.07, 6.45) is 0. The zero-order valence-electron chi connectivity index (χ0n) is 10.0. The van der Waals surface area contributed by atoms with Crippen molar-refractivity contribution in [2.45, 2.75) is 41.0 Å². The van der Waals surface area contributed by atoms with Crippen molar-refractivity contribution in [2.75, 3.05) is 0 Å². The molecule has 14 heavy (non-hydrogen) atoms. The second kappa shape index (κ2) is 9.57. The van der Waals surface area contributed by atoms with Crippen LogP contribution >= 0.6 is 0 Å². The number of aryl methyl sites for hydroxylation is 1. The van der Waals surface area contributed by atoms with Crippen LogP contribution in [0.3, 0.4) is 0 Å². The first kappa shape index (κ1) is 14.0. The number of rotatable bonds is 3. The summed E-state index contributed by atoms with van der Waals surface area (Å²) in [6.45, 7) is 9.13. The van der Waals surface area contributed by atoms with Gasteiger partial charge in [0.25, 0.3) is 0 Å². The SMILES string of the molecule is C[CH2][Sn]([CH2]C)[CH2]C.Cc1ccccc1. The molecule has 0 amide bonds. The molecule has 0 unspecified atom stereocenters. The first-order chi connectivity index (χ1) is 6.74. The van der Waals surface area contributed by atoms with E-state index in [1.807, 2.05) is 18.2 Å². The molecule has 1 heteroatoms. The van der Waals surface area contributed by atoms with Gasteiger partial charge in [-0.2, -0.15) is 0 Å². The fourth-order valence-corrected chi connectivity index (χ4v) is 5.57. The van der Waals surface area contributed by atoms with Crippen LogP contribution in [-0.4, -0.2) is 19.8 Å². The maximum absolute atomic E-state index is 2.35. The maximum atomic E-state index is 2.35. The topological polar surface area (TPSA) is 0 Å². The molecule has 0 saturated carbocycles. The van der Waals surface area contributed by atoms with Crippen LogP contribution in [0.2, 0.25) is 13.3 Å². The van der Waals surface area contributed by atoms with Crippen molar-refractivity contribution < 1.29 is 0 Å². The molecule has 1 aromatic rings. The van der Waals surface area contributed by atoms with Gasteiger partial charge in [-0.15, -0.1) is 0 Å². The minimum Gasteiger partial charge on any atom is -0.0622 e. The first-order valence-electron chi connectivity index (χ1n) is 5.59. The standard InChI is InChI=1S/C7H8.3C2H5.Sn/c1-7-5-3-2-4-6-7;3*1-2;/h2-6H,1H3;3*1H2,2H3;. The van der Waals surface area contributed by atoms with E-state index in [0.29, 0.717) is 0 Å². The minimum absolute atomic E-state index is 0.653. The number of hydrogen-bond acceptors (Lipinski definition) is 0. The molecule has 0 bridgehead atoms. The monoisotopic (exact) mass is 299 g/mol. The third-order valence-corrected chi connectivity index (χ3v) is 11.0. The van der Waals surface area contributed by atoms with Gasteiger partial charge in [0.05, 0.1) is 0 Å². The average molecular weight is 298 g/mol.